The summed E-state index contributed by atoms with van der Waals surface area (Å²) in [6.45, 7) is 0. The molecular weight excluding hydrogens is 470 g/mol. The molecule has 0 spiro atoms. The fraction of sp³-hybridized carbons (Fsp3) is 0.292. The number of imidazole rings is 1. The van der Waals surface area contributed by atoms with E-state index in [2.05, 4.69) is 26.7 Å². The minimum atomic E-state index is -3.97. The van der Waals surface area contributed by atoms with Gasteiger partial charge in [0.1, 0.15) is 11.9 Å². The normalized spacial score (nSPS) is 22.1. The van der Waals surface area contributed by atoms with Crippen molar-refractivity contribution < 1.29 is 22.1 Å². The maximum atomic E-state index is 13.0. The molecule has 0 radical (unpaired) electrons. The zero-order chi connectivity index (χ0) is 24.6. The zero-order valence-electron chi connectivity index (χ0n) is 18.8. The molecule has 2 fully saturated rings. The van der Waals surface area contributed by atoms with Crippen molar-refractivity contribution >= 4 is 38.8 Å². The Morgan fingerprint density at radius 3 is 2.71 bits per heavy atom. The van der Waals surface area contributed by atoms with Gasteiger partial charge in [0, 0.05) is 0 Å². The number of hydrogen-bond donors (Lipinski definition) is 3. The van der Waals surface area contributed by atoms with E-state index in [-0.39, 0.29) is 36.0 Å². The third-order valence-corrected chi connectivity index (χ3v) is 7.97. The van der Waals surface area contributed by atoms with Gasteiger partial charge in [0.05, 0.1) is 41.0 Å². The van der Waals surface area contributed by atoms with Gasteiger partial charge in [-0.1, -0.05) is 18.2 Å². The Bertz CT molecular complexity index is 1440. The summed E-state index contributed by atoms with van der Waals surface area (Å²) in [5.41, 5.74) is 2.49. The Labute approximate surface area is 202 Å². The SMILES string of the molecule is COc1cc(/C=C(\C#N)c2nc3ccccc3[nH]2)ccc1OS(=O)(=O)C1CCC2NC(=O)NC2C1. The number of nitriles is 1. The van der Waals surface area contributed by atoms with Crippen LogP contribution in [0.15, 0.2) is 42.5 Å². The van der Waals surface area contributed by atoms with Crippen molar-refractivity contribution in [3.05, 3.63) is 53.9 Å². The standard InChI is InChI=1S/C24H23N5O5S/c1-33-22-11-14(10-15(13-25)23-26-17-4-2-3-5-18(17)27-23)6-9-21(22)34-35(31,32)16-7-8-19-20(12-16)29-24(30)28-19/h2-6,9-11,16,19-20H,7-8,12H2,1H3,(H,26,27)(H2,28,29,30)/b15-10+. The molecule has 3 N–H and O–H groups in total. The van der Waals surface area contributed by atoms with Crippen LogP contribution in [0.2, 0.25) is 0 Å². The van der Waals surface area contributed by atoms with Crippen LogP contribution in [-0.4, -0.2) is 48.9 Å². The predicted molar refractivity (Wildman–Crippen MR) is 129 cm³/mol. The van der Waals surface area contributed by atoms with Crippen LogP contribution in [0.1, 0.15) is 30.7 Å². The maximum absolute atomic E-state index is 13.0. The molecule has 1 saturated carbocycles. The van der Waals surface area contributed by atoms with Crippen LogP contribution in [0.5, 0.6) is 11.5 Å². The number of nitrogens with zero attached hydrogens (tertiary/aromatic N) is 2. The number of benzene rings is 2. The van der Waals surface area contributed by atoms with E-state index in [1.165, 1.54) is 13.2 Å². The van der Waals surface area contributed by atoms with E-state index in [0.717, 1.165) is 11.0 Å². The third-order valence-electron chi connectivity index (χ3n) is 6.31. The summed E-state index contributed by atoms with van der Waals surface area (Å²) in [4.78, 5) is 19.1. The summed E-state index contributed by atoms with van der Waals surface area (Å²) in [6, 6.07) is 13.8. The van der Waals surface area contributed by atoms with Gasteiger partial charge in [0.2, 0.25) is 0 Å². The monoisotopic (exact) mass is 493 g/mol. The smallest absolute Gasteiger partial charge is 0.315 e. The molecule has 10 nitrogen and oxygen atoms in total. The fourth-order valence-corrected chi connectivity index (χ4v) is 5.93. The molecule has 1 saturated heterocycles. The molecule has 3 aromatic rings. The van der Waals surface area contributed by atoms with E-state index in [9.17, 15) is 18.5 Å². The summed E-state index contributed by atoms with van der Waals surface area (Å²) in [6.07, 6.45) is 2.85. The van der Waals surface area contributed by atoms with Crippen LogP contribution >= 0.6 is 0 Å². The number of aromatic amines is 1. The summed E-state index contributed by atoms with van der Waals surface area (Å²) in [5, 5.41) is 14.5. The molecule has 2 aromatic carbocycles. The van der Waals surface area contributed by atoms with Crippen molar-refractivity contribution in [2.75, 3.05) is 7.11 Å². The van der Waals surface area contributed by atoms with Crippen LogP contribution in [0.3, 0.4) is 0 Å². The van der Waals surface area contributed by atoms with Crippen LogP contribution < -0.4 is 19.6 Å². The van der Waals surface area contributed by atoms with E-state index in [4.69, 9.17) is 8.92 Å². The van der Waals surface area contributed by atoms with Gasteiger partial charge in [0.25, 0.3) is 0 Å². The second kappa shape index (κ2) is 8.96. The Morgan fingerprint density at radius 1 is 1.14 bits per heavy atom. The number of urea groups is 1. The lowest BCUT2D eigenvalue weighted by atomic mass is 9.91. The van der Waals surface area contributed by atoms with Gasteiger partial charge in [0.15, 0.2) is 11.5 Å². The number of ether oxygens (including phenoxy) is 1. The number of rotatable bonds is 6. The number of fused-ring (bicyclic) bond motifs is 2. The molecule has 2 heterocycles. The molecular formula is C24H23N5O5S. The highest BCUT2D eigenvalue weighted by atomic mass is 32.2. The van der Waals surface area contributed by atoms with Gasteiger partial charge in [-0.05, 0) is 55.2 Å². The number of aromatic nitrogens is 2. The molecule has 11 heteroatoms. The van der Waals surface area contributed by atoms with Crippen LogP contribution in [0.4, 0.5) is 4.79 Å². The van der Waals surface area contributed by atoms with Crippen molar-refractivity contribution in [3.8, 4) is 17.6 Å². The van der Waals surface area contributed by atoms with Crippen LogP contribution in [-0.2, 0) is 10.1 Å². The van der Waals surface area contributed by atoms with Gasteiger partial charge < -0.3 is 24.5 Å². The first-order valence-corrected chi connectivity index (χ1v) is 12.6. The maximum Gasteiger partial charge on any atom is 0.315 e. The largest absolute Gasteiger partial charge is 0.493 e. The average Bonchev–Trinajstić information content (AvgIpc) is 3.44. The van der Waals surface area contributed by atoms with Crippen molar-refractivity contribution in [1.29, 1.82) is 5.26 Å². The van der Waals surface area contributed by atoms with Gasteiger partial charge in [-0.25, -0.2) is 9.78 Å². The Balaban J connectivity index is 1.37. The van der Waals surface area contributed by atoms with E-state index in [0.29, 0.717) is 29.8 Å². The second-order valence-corrected chi connectivity index (χ2v) is 10.3. The van der Waals surface area contributed by atoms with E-state index >= 15 is 0 Å². The molecule has 2 aliphatic rings. The lowest BCUT2D eigenvalue weighted by Crippen LogP contribution is -2.44. The molecule has 0 bridgehead atoms. The number of H-pyrrole nitrogens is 1. The average molecular weight is 494 g/mol. The quantitative estimate of drug-likeness (QED) is 0.353. The third kappa shape index (κ3) is 4.52. The predicted octanol–water partition coefficient (Wildman–Crippen LogP) is 2.95. The summed E-state index contributed by atoms with van der Waals surface area (Å²) in [7, 11) is -2.55. The van der Waals surface area contributed by atoms with Gasteiger partial charge in [-0.15, -0.1) is 0 Å². The van der Waals surface area contributed by atoms with E-state index in [1.807, 2.05) is 24.3 Å². The molecule has 2 amide bonds. The summed E-state index contributed by atoms with van der Waals surface area (Å²) in [5.74, 6) is 0.705. The summed E-state index contributed by atoms with van der Waals surface area (Å²) < 4.78 is 36.8. The van der Waals surface area contributed by atoms with Crippen LogP contribution in [0, 0.1) is 11.3 Å². The first kappa shape index (κ1) is 22.7. The van der Waals surface area contributed by atoms with E-state index < -0.39 is 15.4 Å². The molecule has 1 aromatic heterocycles. The molecule has 180 valence electrons. The highest BCUT2D eigenvalue weighted by Crippen LogP contribution is 2.34. The molecule has 3 unspecified atom stereocenters. The number of allylic oxidation sites excluding steroid dienone is 1. The summed E-state index contributed by atoms with van der Waals surface area (Å²) >= 11 is 0. The first-order chi connectivity index (χ1) is 16.9. The minimum absolute atomic E-state index is 0.0580. The fourth-order valence-electron chi connectivity index (χ4n) is 4.54. The Kier molecular flexibility index (Phi) is 5.82. The second-order valence-electron chi connectivity index (χ2n) is 8.52. The Hall–Kier alpha value is -4.04. The van der Waals surface area contributed by atoms with Gasteiger partial charge in [-0.3, -0.25) is 0 Å². The molecule has 1 aliphatic heterocycles. The van der Waals surface area contributed by atoms with Crippen molar-refractivity contribution in [2.24, 2.45) is 0 Å². The van der Waals surface area contributed by atoms with Crippen molar-refractivity contribution in [2.45, 2.75) is 36.6 Å². The molecule has 3 atom stereocenters. The molecule has 1 aliphatic carbocycles. The van der Waals surface area contributed by atoms with Crippen molar-refractivity contribution in [3.63, 3.8) is 0 Å². The minimum Gasteiger partial charge on any atom is -0.493 e. The number of hydrogen-bond acceptors (Lipinski definition) is 7. The highest BCUT2D eigenvalue weighted by molar-refractivity contribution is 7.87. The topological polar surface area (TPSA) is 146 Å². The van der Waals surface area contributed by atoms with Crippen LogP contribution in [0.25, 0.3) is 22.7 Å². The first-order valence-electron chi connectivity index (χ1n) is 11.1. The lowest BCUT2D eigenvalue weighted by molar-refractivity contribution is 0.247. The lowest BCUT2D eigenvalue weighted by Gasteiger charge is -2.29. The number of carbonyl (C=O) groups is 1. The number of methoxy groups -OCH3 is 1. The number of para-hydroxylation sites is 2. The number of amides is 2. The van der Waals surface area contributed by atoms with Gasteiger partial charge >= 0.3 is 16.1 Å². The van der Waals surface area contributed by atoms with Crippen molar-refractivity contribution in [1.82, 2.24) is 20.6 Å². The number of carbonyl (C=O) groups excluding carboxylic acids is 1. The zero-order valence-corrected chi connectivity index (χ0v) is 19.6. The van der Waals surface area contributed by atoms with Gasteiger partial charge in [-0.2, -0.15) is 13.7 Å². The molecule has 5 rings (SSSR count). The Morgan fingerprint density at radius 2 is 1.94 bits per heavy atom. The number of nitrogens with one attached hydrogen (secondary N) is 3. The molecule has 35 heavy (non-hydrogen) atoms. The highest BCUT2D eigenvalue weighted by Gasteiger charge is 2.42. The van der Waals surface area contributed by atoms with E-state index in [1.54, 1.807) is 18.2 Å².